The van der Waals surface area contributed by atoms with Crippen LogP contribution < -0.4 is 9.21 Å². The van der Waals surface area contributed by atoms with E-state index in [0.717, 1.165) is 5.56 Å². The van der Waals surface area contributed by atoms with Gasteiger partial charge in [0.2, 0.25) is 0 Å². The minimum atomic E-state index is -3.76. The standard InChI is InChI=1S/C24H22N2O6S/c1-31-23(27)20-8-5-6-15-25(22(20)24(28)32-2)18-10-12-19(13-11-18)33(29,30)26-16-14-17-7-3-4-9-21(17)26/h3-13,15H,14,16H2,1-2H3. The second-order valence-electron chi connectivity index (χ2n) is 7.27. The van der Waals surface area contributed by atoms with Crippen molar-refractivity contribution in [3.8, 4) is 0 Å². The van der Waals surface area contributed by atoms with E-state index < -0.39 is 22.0 Å². The van der Waals surface area contributed by atoms with Gasteiger partial charge in [-0.15, -0.1) is 0 Å². The van der Waals surface area contributed by atoms with Crippen LogP contribution in [0.2, 0.25) is 0 Å². The summed E-state index contributed by atoms with van der Waals surface area (Å²) in [7, 11) is -1.33. The van der Waals surface area contributed by atoms with Crippen LogP contribution in [0.5, 0.6) is 0 Å². The molecule has 0 fully saturated rings. The predicted octanol–water partition coefficient (Wildman–Crippen LogP) is 2.93. The smallest absolute Gasteiger partial charge is 0.355 e. The molecule has 4 rings (SSSR count). The number of hydrogen-bond donors (Lipinski definition) is 0. The third-order valence-corrected chi connectivity index (χ3v) is 7.26. The molecular formula is C24H22N2O6S. The summed E-state index contributed by atoms with van der Waals surface area (Å²) in [6, 6.07) is 13.5. The maximum atomic E-state index is 13.3. The second kappa shape index (κ2) is 8.95. The molecule has 0 unspecified atom stereocenters. The SMILES string of the molecule is COC(=O)C1=C(C(=O)OC)N(c2ccc(S(=O)(=O)N3CCc4ccccc43)cc2)C=CC=C1. The number of anilines is 2. The van der Waals surface area contributed by atoms with Gasteiger partial charge in [0, 0.05) is 18.4 Å². The number of hydrogen-bond acceptors (Lipinski definition) is 7. The van der Waals surface area contributed by atoms with E-state index in [-0.39, 0.29) is 16.2 Å². The number of para-hydroxylation sites is 1. The van der Waals surface area contributed by atoms with E-state index in [4.69, 9.17) is 9.47 Å². The first-order valence-corrected chi connectivity index (χ1v) is 11.6. The zero-order valence-electron chi connectivity index (χ0n) is 18.1. The third kappa shape index (κ3) is 4.03. The zero-order valence-corrected chi connectivity index (χ0v) is 18.9. The summed E-state index contributed by atoms with van der Waals surface area (Å²) >= 11 is 0. The van der Waals surface area contributed by atoms with E-state index in [0.29, 0.717) is 24.3 Å². The van der Waals surface area contributed by atoms with Crippen LogP contribution in [-0.2, 0) is 35.5 Å². The molecule has 8 nitrogen and oxygen atoms in total. The first kappa shape index (κ1) is 22.3. The van der Waals surface area contributed by atoms with Gasteiger partial charge in [-0.2, -0.15) is 0 Å². The Balaban J connectivity index is 1.72. The molecule has 2 heterocycles. The molecule has 0 saturated carbocycles. The summed E-state index contributed by atoms with van der Waals surface area (Å²) in [6.07, 6.45) is 6.93. The molecule has 0 aromatic heterocycles. The van der Waals surface area contributed by atoms with Gasteiger partial charge in [0.05, 0.1) is 30.4 Å². The van der Waals surface area contributed by atoms with E-state index in [1.807, 2.05) is 18.2 Å². The minimum absolute atomic E-state index is 0.0136. The summed E-state index contributed by atoms with van der Waals surface area (Å²) in [4.78, 5) is 26.4. The van der Waals surface area contributed by atoms with Crippen LogP contribution in [0, 0.1) is 0 Å². The molecule has 2 aromatic rings. The van der Waals surface area contributed by atoms with E-state index >= 15 is 0 Å². The molecule has 0 aliphatic carbocycles. The number of methoxy groups -OCH3 is 2. The Labute approximate surface area is 192 Å². The van der Waals surface area contributed by atoms with Crippen molar-refractivity contribution >= 4 is 33.3 Å². The average molecular weight is 467 g/mol. The lowest BCUT2D eigenvalue weighted by Crippen LogP contribution is -2.29. The van der Waals surface area contributed by atoms with Crippen molar-refractivity contribution in [2.75, 3.05) is 30.0 Å². The quantitative estimate of drug-likeness (QED) is 0.626. The fourth-order valence-corrected chi connectivity index (χ4v) is 5.33. The van der Waals surface area contributed by atoms with Crippen LogP contribution >= 0.6 is 0 Å². The number of carbonyl (C=O) groups is 2. The highest BCUT2D eigenvalue weighted by molar-refractivity contribution is 7.92. The fraction of sp³-hybridized carbons (Fsp3) is 0.167. The van der Waals surface area contributed by atoms with Gasteiger partial charge in [-0.3, -0.25) is 4.31 Å². The van der Waals surface area contributed by atoms with Crippen molar-refractivity contribution < 1.29 is 27.5 Å². The van der Waals surface area contributed by atoms with Gasteiger partial charge in [0.25, 0.3) is 10.0 Å². The van der Waals surface area contributed by atoms with Crippen molar-refractivity contribution in [1.82, 2.24) is 0 Å². The highest BCUT2D eigenvalue weighted by Crippen LogP contribution is 2.34. The van der Waals surface area contributed by atoms with E-state index in [2.05, 4.69) is 0 Å². The highest BCUT2D eigenvalue weighted by Gasteiger charge is 2.31. The second-order valence-corrected chi connectivity index (χ2v) is 9.13. The summed E-state index contributed by atoms with van der Waals surface area (Å²) in [5.74, 6) is -1.44. The van der Waals surface area contributed by atoms with Crippen LogP contribution in [0.15, 0.2) is 89.1 Å². The molecule has 0 N–H and O–H groups in total. The van der Waals surface area contributed by atoms with Gasteiger partial charge in [-0.25, -0.2) is 18.0 Å². The van der Waals surface area contributed by atoms with Crippen LogP contribution in [-0.4, -0.2) is 41.1 Å². The number of ether oxygens (including phenoxy) is 2. The zero-order chi connectivity index (χ0) is 23.6. The van der Waals surface area contributed by atoms with Crippen molar-refractivity contribution in [3.63, 3.8) is 0 Å². The molecular weight excluding hydrogens is 444 g/mol. The summed E-state index contributed by atoms with van der Waals surface area (Å²) in [5.41, 5.74) is 2.11. The van der Waals surface area contributed by atoms with Crippen molar-refractivity contribution in [2.24, 2.45) is 0 Å². The summed E-state index contributed by atoms with van der Waals surface area (Å²) < 4.78 is 37.7. The molecule has 2 aromatic carbocycles. The molecule has 2 aliphatic rings. The topological polar surface area (TPSA) is 93.2 Å². The first-order valence-electron chi connectivity index (χ1n) is 10.1. The Hall–Kier alpha value is -3.85. The Morgan fingerprint density at radius 1 is 0.909 bits per heavy atom. The number of benzene rings is 2. The molecule has 0 atom stereocenters. The lowest BCUT2D eigenvalue weighted by molar-refractivity contribution is -0.139. The van der Waals surface area contributed by atoms with Gasteiger partial charge in [0.1, 0.15) is 5.70 Å². The Kier molecular flexibility index (Phi) is 6.06. The predicted molar refractivity (Wildman–Crippen MR) is 123 cm³/mol. The molecule has 2 aliphatic heterocycles. The van der Waals surface area contributed by atoms with E-state index in [9.17, 15) is 18.0 Å². The Morgan fingerprint density at radius 3 is 2.30 bits per heavy atom. The Bertz CT molecular complexity index is 1290. The fourth-order valence-electron chi connectivity index (χ4n) is 3.83. The van der Waals surface area contributed by atoms with E-state index in [1.54, 1.807) is 36.6 Å². The molecule has 33 heavy (non-hydrogen) atoms. The highest BCUT2D eigenvalue weighted by atomic mass is 32.2. The summed E-state index contributed by atoms with van der Waals surface area (Å²) in [5, 5.41) is 0. The third-order valence-electron chi connectivity index (χ3n) is 5.44. The molecule has 0 amide bonds. The summed E-state index contributed by atoms with van der Waals surface area (Å²) in [6.45, 7) is 0.377. The number of carbonyl (C=O) groups excluding carboxylic acids is 2. The molecule has 0 spiro atoms. The molecule has 0 saturated heterocycles. The van der Waals surface area contributed by atoms with Gasteiger partial charge in [-0.1, -0.05) is 24.3 Å². The lowest BCUT2D eigenvalue weighted by atomic mass is 10.1. The molecule has 170 valence electrons. The average Bonchev–Trinajstić information content (AvgIpc) is 3.16. The lowest BCUT2D eigenvalue weighted by Gasteiger charge is -2.24. The van der Waals surface area contributed by atoms with Crippen molar-refractivity contribution in [1.29, 1.82) is 0 Å². The maximum absolute atomic E-state index is 13.3. The molecule has 9 heteroatoms. The van der Waals surface area contributed by atoms with Crippen LogP contribution in [0.1, 0.15) is 5.56 Å². The van der Waals surface area contributed by atoms with Gasteiger partial charge >= 0.3 is 11.9 Å². The van der Waals surface area contributed by atoms with Crippen LogP contribution in [0.25, 0.3) is 0 Å². The number of sulfonamides is 1. The number of esters is 2. The first-order chi connectivity index (χ1) is 15.9. The normalized spacial score (nSPS) is 15.3. The monoisotopic (exact) mass is 466 g/mol. The van der Waals surface area contributed by atoms with Gasteiger partial charge in [0.15, 0.2) is 0 Å². The van der Waals surface area contributed by atoms with Gasteiger partial charge < -0.3 is 14.4 Å². The maximum Gasteiger partial charge on any atom is 0.355 e. The largest absolute Gasteiger partial charge is 0.465 e. The van der Waals surface area contributed by atoms with Crippen LogP contribution in [0.3, 0.4) is 0 Å². The van der Waals surface area contributed by atoms with Crippen molar-refractivity contribution in [3.05, 3.63) is 89.8 Å². The molecule has 0 radical (unpaired) electrons. The van der Waals surface area contributed by atoms with Gasteiger partial charge in [-0.05, 0) is 54.5 Å². The van der Waals surface area contributed by atoms with E-state index in [1.165, 1.54) is 41.6 Å². The Morgan fingerprint density at radius 2 is 1.61 bits per heavy atom. The number of nitrogens with zero attached hydrogens (tertiary/aromatic N) is 2. The molecule has 0 bridgehead atoms. The minimum Gasteiger partial charge on any atom is -0.465 e. The number of rotatable bonds is 5. The van der Waals surface area contributed by atoms with Crippen molar-refractivity contribution in [2.45, 2.75) is 11.3 Å². The van der Waals surface area contributed by atoms with Crippen LogP contribution in [0.4, 0.5) is 11.4 Å². The number of fused-ring (bicyclic) bond motifs is 1. The number of allylic oxidation sites excluding steroid dienone is 2.